The van der Waals surface area contributed by atoms with Gasteiger partial charge in [0.1, 0.15) is 12.6 Å². The highest BCUT2D eigenvalue weighted by molar-refractivity contribution is 5.82. The molecule has 21 nitrogen and oxygen atoms in total. The molecule has 0 atom stereocenters. The Hall–Kier alpha value is -5.02. The minimum Gasteiger partial charge on any atom is -0.362 e. The molecule has 21 heteroatoms. The first-order valence-electron chi connectivity index (χ1n) is 18.8. The number of likely N-dealkylation sites (N-methyl/N-ethyl adjacent to an activating group) is 8. The quantitative estimate of drug-likeness (QED) is 0.116. The van der Waals surface area contributed by atoms with Crippen molar-refractivity contribution in [3.8, 4) is 0 Å². The van der Waals surface area contributed by atoms with Gasteiger partial charge >= 0.3 is 0 Å². The van der Waals surface area contributed by atoms with Gasteiger partial charge in [0.2, 0.25) is 49.3 Å². The van der Waals surface area contributed by atoms with Crippen LogP contribution in [0.3, 0.4) is 0 Å². The van der Waals surface area contributed by atoms with Crippen molar-refractivity contribution in [3.63, 3.8) is 0 Å². The molecule has 0 bridgehead atoms. The Labute approximate surface area is 355 Å². The first-order chi connectivity index (χ1) is 27.5. The van der Waals surface area contributed by atoms with E-state index in [2.05, 4.69) is 43.8 Å². The van der Waals surface area contributed by atoms with E-state index in [9.17, 15) is 43.2 Å². The van der Waals surface area contributed by atoms with Crippen LogP contribution in [0.4, 0.5) is 0 Å². The summed E-state index contributed by atoms with van der Waals surface area (Å²) in [5.41, 5.74) is 4.50. The molecule has 0 aromatic carbocycles. The first-order valence-corrected chi connectivity index (χ1v) is 18.8. The predicted molar refractivity (Wildman–Crippen MR) is 232 cm³/mol. The number of carbonyl (C=O) groups excluding carboxylic acids is 10. The number of aldehydes is 2. The largest absolute Gasteiger partial charge is 0.362 e. The molecule has 0 rings (SSSR count). The Morgan fingerprint density at radius 1 is 0.525 bits per heavy atom. The maximum atomic E-state index is 11.2. The molecule has 59 heavy (non-hydrogen) atoms. The summed E-state index contributed by atoms with van der Waals surface area (Å²) in [5.74, 6) is -0.289. The van der Waals surface area contributed by atoms with E-state index in [1.165, 1.54) is 52.7 Å². The monoisotopic (exact) mass is 852 g/mol. The van der Waals surface area contributed by atoms with E-state index in [0.29, 0.717) is 64.0 Å². The van der Waals surface area contributed by atoms with Crippen molar-refractivity contribution in [1.82, 2.24) is 49.4 Å². The molecule has 3 N–H and O–H groups in total. The van der Waals surface area contributed by atoms with E-state index in [1.54, 1.807) is 38.0 Å². The van der Waals surface area contributed by atoms with Crippen LogP contribution in [-0.4, -0.2) is 255 Å². The summed E-state index contributed by atoms with van der Waals surface area (Å²) >= 11 is 0. The predicted octanol–water partition coefficient (Wildman–Crippen LogP) is -2.28. The van der Waals surface area contributed by atoms with Gasteiger partial charge in [0.25, 0.3) is 0 Å². The third-order valence-electron chi connectivity index (χ3n) is 7.23. The summed E-state index contributed by atoms with van der Waals surface area (Å²) in [6.07, 6.45) is 4.14. The first kappa shape index (κ1) is 68.6. The van der Waals surface area contributed by atoms with E-state index >= 15 is 0 Å². The summed E-state index contributed by atoms with van der Waals surface area (Å²) in [7, 11) is 20.2. The lowest BCUT2D eigenvalue weighted by Crippen LogP contribution is -2.36. The second-order valence-electron chi connectivity index (χ2n) is 12.9. The molecule has 0 fully saturated rings. The average molecular weight is 852 g/mol. The normalized spacial score (nSPS) is 8.97. The number of nitrogens with zero attached hydrogens (tertiary/aromatic N) is 9. The minimum absolute atomic E-state index is 0.00778. The summed E-state index contributed by atoms with van der Waals surface area (Å²) in [5, 5.41) is 2.25. The highest BCUT2D eigenvalue weighted by Gasteiger charge is 2.11. The molecule has 0 saturated heterocycles. The molecule has 0 unspecified atom stereocenters. The molecule has 0 aliphatic carbocycles. The van der Waals surface area contributed by atoms with Gasteiger partial charge in [-0.1, -0.05) is 6.92 Å². The summed E-state index contributed by atoms with van der Waals surface area (Å²) in [6.45, 7) is 14.2. The van der Waals surface area contributed by atoms with Gasteiger partial charge in [-0.3, -0.25) is 38.4 Å². The molecule has 348 valence electrons. The number of hydrogen-bond acceptors (Lipinski definition) is 13. The van der Waals surface area contributed by atoms with Crippen LogP contribution in [0.1, 0.15) is 41.0 Å². The second kappa shape index (κ2) is 49.1. The smallest absolute Gasteiger partial charge is 0.242 e. The Balaban J connectivity index is -0.000000112. The highest BCUT2D eigenvalue weighted by Crippen LogP contribution is 1.90. The maximum absolute atomic E-state index is 11.2. The molecule has 0 aromatic heterocycles. The lowest BCUT2D eigenvalue weighted by molar-refractivity contribution is -0.135. The van der Waals surface area contributed by atoms with E-state index in [4.69, 9.17) is 4.79 Å². The fourth-order valence-electron chi connectivity index (χ4n) is 2.81. The lowest BCUT2D eigenvalue weighted by atomic mass is 10.3. The van der Waals surface area contributed by atoms with E-state index in [0.717, 1.165) is 19.4 Å². The van der Waals surface area contributed by atoms with Crippen molar-refractivity contribution in [2.24, 2.45) is 5.73 Å². The van der Waals surface area contributed by atoms with E-state index < -0.39 is 0 Å². The topological polar surface area (TPSA) is 238 Å². The van der Waals surface area contributed by atoms with Gasteiger partial charge in [-0.05, 0) is 62.4 Å². The van der Waals surface area contributed by atoms with Crippen molar-refractivity contribution in [1.29, 1.82) is 0 Å². The molecule has 0 spiro atoms. The van der Waals surface area contributed by atoms with Gasteiger partial charge in [-0.2, -0.15) is 0 Å². The number of hydrogen-bond donors (Lipinski definition) is 2. The number of rotatable bonds is 21. The van der Waals surface area contributed by atoms with Crippen LogP contribution in [0.25, 0.3) is 0 Å². The third kappa shape index (κ3) is 53.0. The molecular weight excluding hydrogens is 770 g/mol. The highest BCUT2D eigenvalue weighted by atomic mass is 16.2. The molecule has 0 aliphatic heterocycles. The fraction of sp³-hybridized carbons (Fsp3) is 0.737. The van der Waals surface area contributed by atoms with Crippen LogP contribution in [0.5, 0.6) is 0 Å². The number of nitrogens with two attached hydrogens (primary N) is 1. The lowest BCUT2D eigenvalue weighted by Gasteiger charge is -2.18. The third-order valence-corrected chi connectivity index (χ3v) is 7.23. The van der Waals surface area contributed by atoms with Crippen molar-refractivity contribution < 1.29 is 47.9 Å². The number of amides is 8. The summed E-state index contributed by atoms with van der Waals surface area (Å²) in [6, 6.07) is 0.699. The molecule has 8 amide bonds. The van der Waals surface area contributed by atoms with Gasteiger partial charge in [-0.15, -0.1) is 0 Å². The van der Waals surface area contributed by atoms with Crippen LogP contribution in [0.15, 0.2) is 0 Å². The average Bonchev–Trinajstić information content (AvgIpc) is 3.22. The number of carbonyl (C=O) groups is 10. The summed E-state index contributed by atoms with van der Waals surface area (Å²) < 4.78 is 0. The standard InChI is InChI=1S/C8H14N2O3.C7H12N2O3.C7H14N2O2.C7H16N2O.C6H15N.C2H5NO.CH5N/c1-9(7-12)6-8(13)10(2)4-3-5-11;1-8(6-11)5-7(12)9(2)3-4-10;1-4-9(3)7(11)5-8(2)6-10;1-5-9(4)7(10)6-8(2)3;1-5-7(4)6(2)3;1-3-2-4;1-2/h5,7H,3-4,6H2,1-2H3;4,6H,3,5H2,1-2H3;6H,4-5H2,1-3H3;5-6H2,1-4H3;6H,5H2,1-4H3;2H,1H3,(H,3,4);2H2,1H3. The van der Waals surface area contributed by atoms with Gasteiger partial charge in [0.15, 0.2) is 0 Å². The zero-order valence-corrected chi connectivity index (χ0v) is 39.3. The van der Waals surface area contributed by atoms with E-state index in [-0.39, 0.29) is 49.8 Å². The Bertz CT molecular complexity index is 1100. The van der Waals surface area contributed by atoms with Crippen LogP contribution in [0.2, 0.25) is 0 Å². The van der Waals surface area contributed by atoms with Crippen molar-refractivity contribution in [2.75, 3.05) is 143 Å². The van der Waals surface area contributed by atoms with E-state index in [1.807, 2.05) is 39.9 Å². The van der Waals surface area contributed by atoms with Crippen molar-refractivity contribution in [3.05, 3.63) is 0 Å². The Kier molecular flexibility index (Phi) is 57.2. The summed E-state index contributed by atoms with van der Waals surface area (Å²) in [4.78, 5) is 118. The Morgan fingerprint density at radius 3 is 1.07 bits per heavy atom. The zero-order valence-electron chi connectivity index (χ0n) is 39.3. The van der Waals surface area contributed by atoms with Gasteiger partial charge < -0.3 is 64.7 Å². The number of nitrogens with one attached hydrogen (secondary N) is 1. The Morgan fingerprint density at radius 2 is 0.847 bits per heavy atom. The molecule has 0 aliphatic rings. The van der Waals surface area contributed by atoms with Crippen LogP contribution < -0.4 is 11.1 Å². The molecule has 0 radical (unpaired) electrons. The van der Waals surface area contributed by atoms with Crippen LogP contribution in [-0.2, 0) is 47.9 Å². The van der Waals surface area contributed by atoms with Crippen molar-refractivity contribution >= 4 is 61.8 Å². The second-order valence-corrected chi connectivity index (χ2v) is 12.9. The molecule has 0 heterocycles. The maximum Gasteiger partial charge on any atom is 0.242 e. The zero-order chi connectivity index (χ0) is 48.1. The molecule has 0 saturated carbocycles. The minimum atomic E-state index is -0.253. The van der Waals surface area contributed by atoms with Crippen LogP contribution >= 0.6 is 0 Å². The molecular formula is C38H81N11O10. The molecule has 0 aromatic rings. The van der Waals surface area contributed by atoms with Gasteiger partial charge in [0, 0.05) is 88.5 Å². The SMILES string of the molecule is CCN(C)C(=O)CN(C)C.CCN(C)C(=O)CN(C)C=O.CCN(C)C(C)C.CN.CN(C=O)CC(=O)N(C)CC=O.CN(C=O)CC(=O)N(C)CCC=O.CNC=O. The van der Waals surface area contributed by atoms with Gasteiger partial charge in [0.05, 0.1) is 32.7 Å². The fourth-order valence-corrected chi connectivity index (χ4v) is 2.81. The van der Waals surface area contributed by atoms with Crippen LogP contribution in [0, 0.1) is 0 Å². The van der Waals surface area contributed by atoms with Gasteiger partial charge in [-0.25, -0.2) is 0 Å². The van der Waals surface area contributed by atoms with Crippen molar-refractivity contribution in [2.45, 2.75) is 47.1 Å².